The van der Waals surface area contributed by atoms with Crippen LogP contribution in [-0.4, -0.2) is 53.4 Å². The first kappa shape index (κ1) is 15.0. The number of carbonyl (C=O) groups excluding carboxylic acids is 1. The molecule has 1 saturated heterocycles. The van der Waals surface area contributed by atoms with Crippen molar-refractivity contribution in [2.45, 2.75) is 13.3 Å². The summed E-state index contributed by atoms with van der Waals surface area (Å²) >= 11 is 0. The minimum atomic E-state index is -3.01. The summed E-state index contributed by atoms with van der Waals surface area (Å²) in [7, 11) is -1.10. The van der Waals surface area contributed by atoms with Gasteiger partial charge in [-0.3, -0.25) is 4.79 Å². The number of aromatic nitrogens is 2. The Morgan fingerprint density at radius 2 is 2.00 bits per heavy atom. The summed E-state index contributed by atoms with van der Waals surface area (Å²) in [6.07, 6.45) is 0.501. The van der Waals surface area contributed by atoms with Gasteiger partial charge in [0, 0.05) is 25.7 Å². The van der Waals surface area contributed by atoms with Crippen LogP contribution in [0.3, 0.4) is 0 Å². The number of rotatable bonds is 1. The molecule has 1 aliphatic heterocycles. The second-order valence-corrected chi connectivity index (χ2v) is 8.02. The largest absolute Gasteiger partial charge is 0.338 e. The normalized spacial score (nSPS) is 18.4. The highest BCUT2D eigenvalue weighted by Gasteiger charge is 2.23. The van der Waals surface area contributed by atoms with Gasteiger partial charge in [0.15, 0.2) is 9.84 Å². The number of aryl methyl sites for hydroxylation is 2. The van der Waals surface area contributed by atoms with E-state index in [1.807, 2.05) is 30.7 Å². The van der Waals surface area contributed by atoms with Crippen LogP contribution in [0.1, 0.15) is 22.6 Å². The highest BCUT2D eigenvalue weighted by Crippen LogP contribution is 2.18. The monoisotopic (exact) mass is 321 g/mol. The molecule has 0 unspecified atom stereocenters. The standard InChI is InChI=1S/C15H19N3O3S/c1-11-16-13-5-4-12(10-14(13)17(11)2)15(19)18-6-3-8-22(20,21)9-7-18/h4-5,10H,3,6-9H2,1-2H3. The molecule has 7 heteroatoms. The molecule has 1 aromatic heterocycles. The topological polar surface area (TPSA) is 72.3 Å². The van der Waals surface area contributed by atoms with Crippen LogP contribution in [0.4, 0.5) is 0 Å². The van der Waals surface area contributed by atoms with Crippen molar-refractivity contribution in [2.75, 3.05) is 24.6 Å². The van der Waals surface area contributed by atoms with Crippen molar-refractivity contribution in [1.29, 1.82) is 0 Å². The van der Waals surface area contributed by atoms with Gasteiger partial charge in [-0.15, -0.1) is 0 Å². The van der Waals surface area contributed by atoms with E-state index in [0.717, 1.165) is 16.9 Å². The highest BCUT2D eigenvalue weighted by atomic mass is 32.2. The number of amides is 1. The molecule has 0 bridgehead atoms. The maximum Gasteiger partial charge on any atom is 0.253 e. The van der Waals surface area contributed by atoms with E-state index in [4.69, 9.17) is 0 Å². The van der Waals surface area contributed by atoms with Crippen molar-refractivity contribution in [3.63, 3.8) is 0 Å². The van der Waals surface area contributed by atoms with Gasteiger partial charge in [0.25, 0.3) is 5.91 Å². The van der Waals surface area contributed by atoms with E-state index < -0.39 is 9.84 Å². The number of nitrogens with zero attached hydrogens (tertiary/aromatic N) is 3. The van der Waals surface area contributed by atoms with E-state index >= 15 is 0 Å². The first-order valence-corrected chi connectivity index (χ1v) is 9.12. The fraction of sp³-hybridized carbons (Fsp3) is 0.467. The fourth-order valence-corrected chi connectivity index (χ4v) is 4.04. The number of hydrogen-bond donors (Lipinski definition) is 0. The van der Waals surface area contributed by atoms with Crippen molar-refractivity contribution in [3.8, 4) is 0 Å². The number of imidazole rings is 1. The van der Waals surface area contributed by atoms with E-state index in [9.17, 15) is 13.2 Å². The van der Waals surface area contributed by atoms with Crippen LogP contribution >= 0.6 is 0 Å². The Morgan fingerprint density at radius 3 is 2.77 bits per heavy atom. The minimum Gasteiger partial charge on any atom is -0.338 e. The number of benzene rings is 1. The maximum absolute atomic E-state index is 12.6. The molecule has 3 rings (SSSR count). The van der Waals surface area contributed by atoms with Crippen LogP contribution in [0.5, 0.6) is 0 Å². The lowest BCUT2D eigenvalue weighted by molar-refractivity contribution is 0.0768. The van der Waals surface area contributed by atoms with Gasteiger partial charge in [-0.1, -0.05) is 0 Å². The minimum absolute atomic E-state index is 0.0474. The van der Waals surface area contributed by atoms with E-state index in [1.165, 1.54) is 0 Å². The Morgan fingerprint density at radius 1 is 1.23 bits per heavy atom. The molecule has 1 aromatic carbocycles. The molecule has 2 heterocycles. The zero-order valence-corrected chi connectivity index (χ0v) is 13.6. The summed E-state index contributed by atoms with van der Waals surface area (Å²) < 4.78 is 25.2. The summed E-state index contributed by atoms with van der Waals surface area (Å²) in [6, 6.07) is 5.43. The molecular weight excluding hydrogens is 302 g/mol. The number of sulfone groups is 1. The first-order chi connectivity index (χ1) is 10.4. The van der Waals surface area contributed by atoms with E-state index in [1.54, 1.807) is 11.0 Å². The molecule has 1 aliphatic rings. The van der Waals surface area contributed by atoms with Gasteiger partial charge in [-0.2, -0.15) is 0 Å². The Labute approximate surface area is 129 Å². The van der Waals surface area contributed by atoms with E-state index in [0.29, 0.717) is 18.5 Å². The predicted octanol–water partition coefficient (Wildman–Crippen LogP) is 1.14. The molecule has 0 radical (unpaired) electrons. The third-order valence-electron chi connectivity index (χ3n) is 4.19. The molecule has 6 nitrogen and oxygen atoms in total. The van der Waals surface area contributed by atoms with Crippen LogP contribution < -0.4 is 0 Å². The number of hydrogen-bond acceptors (Lipinski definition) is 4. The van der Waals surface area contributed by atoms with E-state index in [-0.39, 0.29) is 24.0 Å². The number of fused-ring (bicyclic) bond motifs is 1. The first-order valence-electron chi connectivity index (χ1n) is 7.30. The molecule has 1 fully saturated rings. The Kier molecular flexibility index (Phi) is 3.68. The van der Waals surface area contributed by atoms with Crippen molar-refractivity contribution in [2.24, 2.45) is 7.05 Å². The summed E-state index contributed by atoms with van der Waals surface area (Å²) in [6.45, 7) is 2.67. The van der Waals surface area contributed by atoms with Crippen molar-refractivity contribution >= 4 is 26.8 Å². The lowest BCUT2D eigenvalue weighted by atomic mass is 10.1. The van der Waals surface area contributed by atoms with E-state index in [2.05, 4.69) is 4.98 Å². The molecule has 0 spiro atoms. The fourth-order valence-electron chi connectivity index (χ4n) is 2.77. The molecule has 0 saturated carbocycles. The molecular formula is C15H19N3O3S. The molecule has 118 valence electrons. The van der Waals surface area contributed by atoms with Crippen LogP contribution in [0.2, 0.25) is 0 Å². The van der Waals surface area contributed by atoms with Crippen molar-refractivity contribution < 1.29 is 13.2 Å². The molecule has 0 N–H and O–H groups in total. The Hall–Kier alpha value is -1.89. The van der Waals surface area contributed by atoms with Gasteiger partial charge < -0.3 is 9.47 Å². The summed E-state index contributed by atoms with van der Waals surface area (Å²) in [5.74, 6) is 0.987. The van der Waals surface area contributed by atoms with Crippen LogP contribution in [0, 0.1) is 6.92 Å². The van der Waals surface area contributed by atoms with Gasteiger partial charge in [-0.25, -0.2) is 13.4 Å². The van der Waals surface area contributed by atoms with Crippen LogP contribution in [0.25, 0.3) is 11.0 Å². The number of carbonyl (C=O) groups is 1. The second-order valence-electron chi connectivity index (χ2n) is 5.72. The lowest BCUT2D eigenvalue weighted by Crippen LogP contribution is -2.33. The summed E-state index contributed by atoms with van der Waals surface area (Å²) in [4.78, 5) is 18.7. The lowest BCUT2D eigenvalue weighted by Gasteiger charge is -2.19. The van der Waals surface area contributed by atoms with Gasteiger partial charge in [0.2, 0.25) is 0 Å². The average Bonchev–Trinajstić information content (AvgIpc) is 2.65. The van der Waals surface area contributed by atoms with Gasteiger partial charge in [0.1, 0.15) is 5.82 Å². The van der Waals surface area contributed by atoms with Gasteiger partial charge in [-0.05, 0) is 31.5 Å². The van der Waals surface area contributed by atoms with Gasteiger partial charge >= 0.3 is 0 Å². The molecule has 1 amide bonds. The predicted molar refractivity (Wildman–Crippen MR) is 84.6 cm³/mol. The Bertz CT molecular complexity index is 839. The van der Waals surface area contributed by atoms with Crippen LogP contribution in [0.15, 0.2) is 18.2 Å². The third kappa shape index (κ3) is 2.72. The third-order valence-corrected chi connectivity index (χ3v) is 5.91. The second kappa shape index (κ2) is 5.39. The zero-order chi connectivity index (χ0) is 15.9. The van der Waals surface area contributed by atoms with Crippen molar-refractivity contribution in [1.82, 2.24) is 14.5 Å². The quantitative estimate of drug-likeness (QED) is 0.790. The summed E-state index contributed by atoms with van der Waals surface area (Å²) in [5.41, 5.74) is 2.34. The maximum atomic E-state index is 12.6. The van der Waals surface area contributed by atoms with Crippen LogP contribution in [-0.2, 0) is 16.9 Å². The van der Waals surface area contributed by atoms with Gasteiger partial charge in [0.05, 0.1) is 22.5 Å². The SMILES string of the molecule is Cc1nc2ccc(C(=O)N3CCCS(=O)(=O)CC3)cc2n1C. The average molecular weight is 321 g/mol. The molecule has 2 aromatic rings. The molecule has 22 heavy (non-hydrogen) atoms. The Balaban J connectivity index is 1.90. The molecule has 0 atom stereocenters. The smallest absolute Gasteiger partial charge is 0.253 e. The zero-order valence-electron chi connectivity index (χ0n) is 12.7. The summed E-state index contributed by atoms with van der Waals surface area (Å²) in [5, 5.41) is 0. The highest BCUT2D eigenvalue weighted by molar-refractivity contribution is 7.91. The van der Waals surface area contributed by atoms with Crippen molar-refractivity contribution in [3.05, 3.63) is 29.6 Å². The molecule has 0 aliphatic carbocycles.